The van der Waals surface area contributed by atoms with Crippen LogP contribution in [0.4, 0.5) is 0 Å². The first-order valence-electron chi connectivity index (χ1n) is 10.7. The summed E-state index contributed by atoms with van der Waals surface area (Å²) in [6, 6.07) is 19.6. The zero-order chi connectivity index (χ0) is 25.7. The van der Waals surface area contributed by atoms with Gasteiger partial charge in [-0.05, 0) is 64.8 Å². The van der Waals surface area contributed by atoms with Gasteiger partial charge in [-0.2, -0.15) is 5.10 Å². The normalized spacial score (nSPS) is 11.9. The van der Waals surface area contributed by atoms with E-state index in [-0.39, 0.29) is 5.75 Å². The van der Waals surface area contributed by atoms with Gasteiger partial charge < -0.3 is 14.2 Å². The largest absolute Gasteiger partial charge is 0.493 e. The number of carbonyl (C=O) groups is 2. The van der Waals surface area contributed by atoms with Crippen molar-refractivity contribution >= 4 is 67.0 Å². The van der Waals surface area contributed by atoms with E-state index in [1.54, 1.807) is 31.2 Å². The zero-order valence-electron chi connectivity index (χ0n) is 19.2. The van der Waals surface area contributed by atoms with Crippen LogP contribution in [0.15, 0.2) is 76.3 Å². The van der Waals surface area contributed by atoms with E-state index in [9.17, 15) is 9.59 Å². The number of hydrazone groups is 1. The van der Waals surface area contributed by atoms with E-state index in [4.69, 9.17) is 25.8 Å². The fourth-order valence-corrected chi connectivity index (χ4v) is 4.95. The first-order chi connectivity index (χ1) is 17.4. The Labute approximate surface area is 224 Å². The first kappa shape index (κ1) is 25.7. The Morgan fingerprint density at radius 1 is 1.06 bits per heavy atom. The van der Waals surface area contributed by atoms with Crippen LogP contribution in [0.2, 0.25) is 5.02 Å². The van der Waals surface area contributed by atoms with Crippen LogP contribution in [0, 0.1) is 0 Å². The van der Waals surface area contributed by atoms with Crippen molar-refractivity contribution in [2.75, 3.05) is 7.11 Å². The Morgan fingerprint density at radius 2 is 1.81 bits per heavy atom. The summed E-state index contributed by atoms with van der Waals surface area (Å²) in [7, 11) is 1.46. The molecule has 0 radical (unpaired) electrons. The number of nitrogens with one attached hydrogen (secondary N) is 1. The van der Waals surface area contributed by atoms with Crippen LogP contribution in [0.3, 0.4) is 0 Å². The van der Waals surface area contributed by atoms with Crippen LogP contribution >= 0.6 is 38.9 Å². The fraction of sp³-hybridized carbons (Fsp3) is 0.115. The molecule has 1 atom stereocenters. The molecule has 0 fully saturated rings. The smallest absolute Gasteiger partial charge is 0.355 e. The number of ether oxygens (including phenoxy) is 3. The summed E-state index contributed by atoms with van der Waals surface area (Å²) in [6.07, 6.45) is 0.679. The van der Waals surface area contributed by atoms with Gasteiger partial charge in [0.25, 0.3) is 5.91 Å². The van der Waals surface area contributed by atoms with E-state index in [0.717, 1.165) is 14.6 Å². The summed E-state index contributed by atoms with van der Waals surface area (Å²) in [5, 5.41) is 5.14. The van der Waals surface area contributed by atoms with Crippen LogP contribution in [0.1, 0.15) is 22.2 Å². The van der Waals surface area contributed by atoms with Gasteiger partial charge in [0.2, 0.25) is 0 Å². The molecule has 4 rings (SSSR count). The van der Waals surface area contributed by atoms with Crippen LogP contribution in [0.25, 0.3) is 10.1 Å². The number of amides is 1. The van der Waals surface area contributed by atoms with Gasteiger partial charge in [-0.1, -0.05) is 41.9 Å². The molecule has 0 saturated heterocycles. The predicted molar refractivity (Wildman–Crippen MR) is 145 cm³/mol. The summed E-state index contributed by atoms with van der Waals surface area (Å²) >= 11 is 11.0. The number of para-hydroxylation sites is 1. The first-order valence-corrected chi connectivity index (χ1v) is 12.7. The molecule has 184 valence electrons. The molecule has 4 aromatic rings. The summed E-state index contributed by atoms with van der Waals surface area (Å²) in [5.74, 6) is 0.108. The lowest BCUT2D eigenvalue weighted by Crippen LogP contribution is -2.33. The van der Waals surface area contributed by atoms with E-state index in [1.165, 1.54) is 24.7 Å². The van der Waals surface area contributed by atoms with Crippen LogP contribution in [-0.4, -0.2) is 31.3 Å². The predicted octanol–water partition coefficient (Wildman–Crippen LogP) is 6.46. The third kappa shape index (κ3) is 5.87. The summed E-state index contributed by atoms with van der Waals surface area (Å²) < 4.78 is 18.2. The Kier molecular flexibility index (Phi) is 8.25. The molecule has 3 aromatic carbocycles. The van der Waals surface area contributed by atoms with Gasteiger partial charge in [0.05, 0.1) is 22.8 Å². The number of hydrogen-bond donors (Lipinski definition) is 1. The number of esters is 1. The van der Waals surface area contributed by atoms with E-state index >= 15 is 0 Å². The van der Waals surface area contributed by atoms with Crippen molar-refractivity contribution in [1.29, 1.82) is 0 Å². The number of benzene rings is 3. The number of thiophene rings is 1. The third-order valence-electron chi connectivity index (χ3n) is 5.01. The molecule has 1 heterocycles. The van der Waals surface area contributed by atoms with Crippen LogP contribution in [0.5, 0.6) is 17.2 Å². The van der Waals surface area contributed by atoms with Crippen molar-refractivity contribution in [2.24, 2.45) is 5.10 Å². The number of carbonyl (C=O) groups excluding carboxylic acids is 2. The molecule has 7 nitrogen and oxygen atoms in total. The maximum absolute atomic E-state index is 12.8. The van der Waals surface area contributed by atoms with Gasteiger partial charge in [-0.15, -0.1) is 11.3 Å². The Morgan fingerprint density at radius 3 is 2.56 bits per heavy atom. The van der Waals surface area contributed by atoms with E-state index in [2.05, 4.69) is 26.5 Å². The van der Waals surface area contributed by atoms with Crippen molar-refractivity contribution in [3.05, 3.63) is 86.7 Å². The average Bonchev–Trinajstić information content (AvgIpc) is 3.22. The number of fused-ring (bicyclic) bond motifs is 1. The highest BCUT2D eigenvalue weighted by molar-refractivity contribution is 9.10. The minimum atomic E-state index is -0.766. The number of nitrogens with zero attached hydrogens (tertiary/aromatic N) is 1. The number of halogens is 2. The van der Waals surface area contributed by atoms with Gasteiger partial charge in [0.1, 0.15) is 10.6 Å². The lowest BCUT2D eigenvalue weighted by atomic mass is 10.2. The Hall–Kier alpha value is -3.40. The van der Waals surface area contributed by atoms with Crippen LogP contribution < -0.4 is 19.6 Å². The highest BCUT2D eigenvalue weighted by Crippen LogP contribution is 2.37. The number of rotatable bonds is 8. The molecule has 0 aliphatic heterocycles. The molecular weight excluding hydrogens is 568 g/mol. The third-order valence-corrected chi connectivity index (χ3v) is 7.32. The molecule has 36 heavy (non-hydrogen) atoms. The maximum atomic E-state index is 12.8. The molecule has 1 aromatic heterocycles. The van der Waals surface area contributed by atoms with Crippen molar-refractivity contribution in [2.45, 2.75) is 13.0 Å². The van der Waals surface area contributed by atoms with Crippen molar-refractivity contribution < 1.29 is 23.8 Å². The van der Waals surface area contributed by atoms with Gasteiger partial charge in [0.15, 0.2) is 17.6 Å². The monoisotopic (exact) mass is 586 g/mol. The van der Waals surface area contributed by atoms with Gasteiger partial charge in [-0.25, -0.2) is 10.2 Å². The second kappa shape index (κ2) is 11.6. The minimum Gasteiger partial charge on any atom is -0.493 e. The van der Waals surface area contributed by atoms with Crippen molar-refractivity contribution in [3.8, 4) is 17.2 Å². The summed E-state index contributed by atoms with van der Waals surface area (Å²) in [4.78, 5) is 25.4. The molecule has 0 aliphatic rings. The molecule has 0 aliphatic carbocycles. The lowest BCUT2D eigenvalue weighted by molar-refractivity contribution is -0.127. The van der Waals surface area contributed by atoms with Crippen molar-refractivity contribution in [1.82, 2.24) is 5.43 Å². The van der Waals surface area contributed by atoms with E-state index < -0.39 is 18.0 Å². The highest BCUT2D eigenvalue weighted by atomic mass is 79.9. The molecule has 0 unspecified atom stereocenters. The Bertz CT molecular complexity index is 1460. The second-order valence-electron chi connectivity index (χ2n) is 7.47. The SMILES string of the molecule is COc1cc(/C=N\NC(=O)[C@H](C)Oc2ccccc2Br)ccc1OC(=O)c1sc2ccccc2c1Cl. The van der Waals surface area contributed by atoms with Gasteiger partial charge in [0, 0.05) is 10.1 Å². The Balaban J connectivity index is 1.40. The average molecular weight is 588 g/mol. The maximum Gasteiger partial charge on any atom is 0.355 e. The molecule has 1 N–H and O–H groups in total. The molecular formula is C26H20BrClN2O5S. The van der Waals surface area contributed by atoms with Gasteiger partial charge >= 0.3 is 5.97 Å². The number of methoxy groups -OCH3 is 1. The molecule has 0 saturated carbocycles. The molecule has 1 amide bonds. The zero-order valence-corrected chi connectivity index (χ0v) is 22.3. The van der Waals surface area contributed by atoms with Crippen LogP contribution in [-0.2, 0) is 4.79 Å². The van der Waals surface area contributed by atoms with Gasteiger partial charge in [-0.3, -0.25) is 4.79 Å². The standard InChI is InChI=1S/C26H20BrClN2O5S/c1-15(34-19-9-5-4-8-18(19)27)25(31)30-29-14-16-11-12-20(21(13-16)33-2)35-26(32)24-23(28)17-7-3-6-10-22(17)36-24/h3-15H,1-2H3,(H,30,31)/b29-14-/t15-/m0/s1. The molecule has 10 heteroatoms. The lowest BCUT2D eigenvalue weighted by Gasteiger charge is -2.14. The topological polar surface area (TPSA) is 86.2 Å². The van der Waals surface area contributed by atoms with E-state index in [0.29, 0.717) is 27.0 Å². The highest BCUT2D eigenvalue weighted by Gasteiger charge is 2.20. The fourth-order valence-electron chi connectivity index (χ4n) is 3.19. The van der Waals surface area contributed by atoms with Crippen molar-refractivity contribution in [3.63, 3.8) is 0 Å². The number of hydrogen-bond acceptors (Lipinski definition) is 7. The minimum absolute atomic E-state index is 0.229. The summed E-state index contributed by atoms with van der Waals surface area (Å²) in [6.45, 7) is 1.62. The quantitative estimate of drug-likeness (QED) is 0.111. The second-order valence-corrected chi connectivity index (χ2v) is 9.75. The molecule has 0 bridgehead atoms. The summed E-state index contributed by atoms with van der Waals surface area (Å²) in [5.41, 5.74) is 3.06. The van der Waals surface area contributed by atoms with E-state index in [1.807, 2.05) is 42.5 Å². The molecule has 0 spiro atoms.